The SMILES string of the molecule is CCNC(C#N)CCOc1ccc(C(C)CC)cc1. The molecule has 0 aliphatic carbocycles. The van der Waals surface area contributed by atoms with Crippen LogP contribution in [0.2, 0.25) is 0 Å². The lowest BCUT2D eigenvalue weighted by Gasteiger charge is -2.12. The van der Waals surface area contributed by atoms with E-state index in [0.717, 1.165) is 18.7 Å². The molecule has 1 aromatic carbocycles. The minimum atomic E-state index is -0.121. The van der Waals surface area contributed by atoms with Gasteiger partial charge < -0.3 is 10.1 Å². The predicted molar refractivity (Wildman–Crippen MR) is 78.3 cm³/mol. The Balaban J connectivity index is 2.40. The second kappa shape index (κ2) is 8.55. The molecule has 19 heavy (non-hydrogen) atoms. The number of nitrogens with one attached hydrogen (secondary N) is 1. The van der Waals surface area contributed by atoms with Crippen LogP contribution in [0.15, 0.2) is 24.3 Å². The van der Waals surface area contributed by atoms with Gasteiger partial charge in [0.25, 0.3) is 0 Å². The summed E-state index contributed by atoms with van der Waals surface area (Å²) >= 11 is 0. The maximum Gasteiger partial charge on any atom is 0.119 e. The predicted octanol–water partition coefficient (Wildman–Crippen LogP) is 3.47. The summed E-state index contributed by atoms with van der Waals surface area (Å²) in [4.78, 5) is 0. The van der Waals surface area contributed by atoms with E-state index in [9.17, 15) is 0 Å². The first kappa shape index (κ1) is 15.5. The Morgan fingerprint density at radius 2 is 1.95 bits per heavy atom. The lowest BCUT2D eigenvalue weighted by molar-refractivity contribution is 0.298. The van der Waals surface area contributed by atoms with E-state index in [2.05, 4.69) is 37.4 Å². The summed E-state index contributed by atoms with van der Waals surface area (Å²) < 4.78 is 5.66. The van der Waals surface area contributed by atoms with Crippen LogP contribution in [0, 0.1) is 11.3 Å². The van der Waals surface area contributed by atoms with Gasteiger partial charge in [0, 0.05) is 6.42 Å². The number of nitriles is 1. The van der Waals surface area contributed by atoms with Gasteiger partial charge >= 0.3 is 0 Å². The van der Waals surface area contributed by atoms with Gasteiger partial charge in [-0.1, -0.05) is 32.9 Å². The van der Waals surface area contributed by atoms with Crippen LogP contribution in [-0.4, -0.2) is 19.2 Å². The van der Waals surface area contributed by atoms with Crippen LogP contribution in [-0.2, 0) is 0 Å². The zero-order chi connectivity index (χ0) is 14.1. The number of hydrogen-bond acceptors (Lipinski definition) is 3. The molecule has 0 amide bonds. The molecule has 0 saturated carbocycles. The van der Waals surface area contributed by atoms with Gasteiger partial charge in [0.15, 0.2) is 0 Å². The second-order valence-electron chi connectivity index (χ2n) is 4.75. The number of nitrogens with zero attached hydrogens (tertiary/aromatic N) is 1. The molecule has 3 heteroatoms. The zero-order valence-electron chi connectivity index (χ0n) is 12.1. The Hall–Kier alpha value is -1.53. The van der Waals surface area contributed by atoms with Crippen LogP contribution in [0.5, 0.6) is 5.75 Å². The van der Waals surface area contributed by atoms with Gasteiger partial charge in [-0.05, 0) is 36.6 Å². The van der Waals surface area contributed by atoms with E-state index < -0.39 is 0 Å². The number of ether oxygens (including phenoxy) is 1. The molecule has 1 N–H and O–H groups in total. The summed E-state index contributed by atoms with van der Waals surface area (Å²) in [6.45, 7) is 7.79. The monoisotopic (exact) mass is 260 g/mol. The summed E-state index contributed by atoms with van der Waals surface area (Å²) in [7, 11) is 0. The third kappa shape index (κ3) is 5.32. The van der Waals surface area contributed by atoms with Crippen molar-refractivity contribution in [3.05, 3.63) is 29.8 Å². The highest BCUT2D eigenvalue weighted by Crippen LogP contribution is 2.21. The highest BCUT2D eigenvalue weighted by molar-refractivity contribution is 5.29. The van der Waals surface area contributed by atoms with Gasteiger partial charge in [-0.2, -0.15) is 5.26 Å². The van der Waals surface area contributed by atoms with Crippen LogP contribution >= 0.6 is 0 Å². The highest BCUT2D eigenvalue weighted by atomic mass is 16.5. The molecule has 0 aromatic heterocycles. The quantitative estimate of drug-likeness (QED) is 0.778. The first-order valence-electron chi connectivity index (χ1n) is 7.07. The van der Waals surface area contributed by atoms with Gasteiger partial charge in [-0.15, -0.1) is 0 Å². The highest BCUT2D eigenvalue weighted by Gasteiger charge is 2.06. The number of rotatable bonds is 8. The Kier molecular flexibility index (Phi) is 6.99. The van der Waals surface area contributed by atoms with Crippen molar-refractivity contribution in [2.75, 3.05) is 13.2 Å². The second-order valence-corrected chi connectivity index (χ2v) is 4.75. The van der Waals surface area contributed by atoms with Crippen molar-refractivity contribution in [1.29, 1.82) is 5.26 Å². The molecule has 2 unspecified atom stereocenters. The molecule has 0 fully saturated rings. The lowest BCUT2D eigenvalue weighted by Crippen LogP contribution is -2.28. The Morgan fingerprint density at radius 1 is 1.26 bits per heavy atom. The van der Waals surface area contributed by atoms with Crippen molar-refractivity contribution in [1.82, 2.24) is 5.32 Å². The van der Waals surface area contributed by atoms with Crippen LogP contribution < -0.4 is 10.1 Å². The summed E-state index contributed by atoms with van der Waals surface area (Å²) in [5, 5.41) is 12.0. The molecule has 0 spiro atoms. The van der Waals surface area contributed by atoms with E-state index >= 15 is 0 Å². The summed E-state index contributed by atoms with van der Waals surface area (Å²) in [6, 6.07) is 10.4. The van der Waals surface area contributed by atoms with E-state index in [1.165, 1.54) is 5.56 Å². The first-order valence-corrected chi connectivity index (χ1v) is 7.07. The van der Waals surface area contributed by atoms with Gasteiger partial charge in [-0.25, -0.2) is 0 Å². The van der Waals surface area contributed by atoms with Gasteiger partial charge in [0.1, 0.15) is 5.75 Å². The molecule has 0 bridgehead atoms. The molecular formula is C16H24N2O. The largest absolute Gasteiger partial charge is 0.493 e. The fraction of sp³-hybridized carbons (Fsp3) is 0.562. The van der Waals surface area contributed by atoms with E-state index in [1.54, 1.807) is 0 Å². The molecule has 0 radical (unpaired) electrons. The molecule has 0 saturated heterocycles. The molecule has 0 aliphatic heterocycles. The average Bonchev–Trinajstić information content (AvgIpc) is 2.46. The standard InChI is InChI=1S/C16H24N2O/c1-4-13(3)14-6-8-16(9-7-14)19-11-10-15(12-17)18-5-2/h6-9,13,15,18H,4-5,10-11H2,1-3H3. The lowest BCUT2D eigenvalue weighted by atomic mass is 9.99. The fourth-order valence-corrected chi connectivity index (χ4v) is 1.88. The Morgan fingerprint density at radius 3 is 2.47 bits per heavy atom. The van der Waals surface area contributed by atoms with E-state index in [-0.39, 0.29) is 6.04 Å². The van der Waals surface area contributed by atoms with E-state index in [4.69, 9.17) is 10.00 Å². The normalized spacial score (nSPS) is 13.6. The Labute approximate surface area is 116 Å². The van der Waals surface area contributed by atoms with Crippen molar-refractivity contribution in [2.24, 2.45) is 0 Å². The molecule has 1 aromatic rings. The third-order valence-electron chi connectivity index (χ3n) is 3.34. The van der Waals surface area contributed by atoms with Crippen LogP contribution in [0.4, 0.5) is 0 Å². The molecule has 2 atom stereocenters. The molecule has 0 aliphatic rings. The summed E-state index contributed by atoms with van der Waals surface area (Å²) in [5.74, 6) is 1.46. The average molecular weight is 260 g/mol. The van der Waals surface area contributed by atoms with Crippen molar-refractivity contribution in [3.8, 4) is 11.8 Å². The van der Waals surface area contributed by atoms with Gasteiger partial charge in [0.2, 0.25) is 0 Å². The minimum Gasteiger partial charge on any atom is -0.493 e. The number of benzene rings is 1. The Bertz CT molecular complexity index is 394. The third-order valence-corrected chi connectivity index (χ3v) is 3.34. The first-order chi connectivity index (χ1) is 9.21. The molecule has 1 rings (SSSR count). The van der Waals surface area contributed by atoms with Crippen LogP contribution in [0.1, 0.15) is 45.1 Å². The minimum absolute atomic E-state index is 0.121. The van der Waals surface area contributed by atoms with Gasteiger partial charge in [-0.3, -0.25) is 0 Å². The van der Waals surface area contributed by atoms with Crippen molar-refractivity contribution >= 4 is 0 Å². The topological polar surface area (TPSA) is 45.0 Å². The smallest absolute Gasteiger partial charge is 0.119 e. The summed E-state index contributed by atoms with van der Waals surface area (Å²) in [5.41, 5.74) is 1.34. The maximum atomic E-state index is 8.91. The van der Waals surface area contributed by atoms with Crippen molar-refractivity contribution < 1.29 is 4.74 Å². The van der Waals surface area contributed by atoms with Gasteiger partial charge in [0.05, 0.1) is 18.7 Å². The van der Waals surface area contributed by atoms with E-state index in [0.29, 0.717) is 18.9 Å². The van der Waals surface area contributed by atoms with E-state index in [1.807, 2.05) is 19.1 Å². The molecule has 104 valence electrons. The van der Waals surface area contributed by atoms with Crippen molar-refractivity contribution in [3.63, 3.8) is 0 Å². The summed E-state index contributed by atoms with van der Waals surface area (Å²) in [6.07, 6.45) is 1.85. The van der Waals surface area contributed by atoms with Crippen molar-refractivity contribution in [2.45, 2.75) is 45.6 Å². The zero-order valence-corrected chi connectivity index (χ0v) is 12.1. The van der Waals surface area contributed by atoms with Crippen LogP contribution in [0.25, 0.3) is 0 Å². The fourth-order valence-electron chi connectivity index (χ4n) is 1.88. The molecule has 3 nitrogen and oxygen atoms in total. The number of hydrogen-bond donors (Lipinski definition) is 1. The van der Waals surface area contributed by atoms with Crippen LogP contribution in [0.3, 0.4) is 0 Å². The maximum absolute atomic E-state index is 8.91. The molecule has 0 heterocycles. The molecular weight excluding hydrogens is 236 g/mol.